The van der Waals surface area contributed by atoms with E-state index < -0.39 is 0 Å². The fourth-order valence-electron chi connectivity index (χ4n) is 1.83. The number of hydrogen-bond donors (Lipinski definition) is 1. The summed E-state index contributed by atoms with van der Waals surface area (Å²) in [6.45, 7) is 1.71. The molecule has 0 unspecified atom stereocenters. The van der Waals surface area contributed by atoms with Crippen molar-refractivity contribution in [1.82, 2.24) is 0 Å². The quantitative estimate of drug-likeness (QED) is 0.860. The van der Waals surface area contributed by atoms with Crippen LogP contribution in [0.1, 0.15) is 15.9 Å². The smallest absolute Gasteiger partial charge is 0.262 e. The molecule has 21 heavy (non-hydrogen) atoms. The Morgan fingerprint density at radius 2 is 2.05 bits per heavy atom. The van der Waals surface area contributed by atoms with Crippen LogP contribution in [0.15, 0.2) is 42.5 Å². The van der Waals surface area contributed by atoms with Crippen LogP contribution in [-0.2, 0) is 4.79 Å². The molecular weight excluding hydrogens is 290 g/mol. The highest BCUT2D eigenvalue weighted by molar-refractivity contribution is 6.32. The van der Waals surface area contributed by atoms with Gasteiger partial charge >= 0.3 is 0 Å². The number of nitrogens with one attached hydrogen (secondary N) is 1. The first-order valence-electron chi connectivity index (χ1n) is 6.33. The van der Waals surface area contributed by atoms with Gasteiger partial charge in [-0.15, -0.1) is 0 Å². The van der Waals surface area contributed by atoms with Gasteiger partial charge in [0.05, 0.1) is 10.6 Å². The zero-order valence-electron chi connectivity index (χ0n) is 11.4. The zero-order chi connectivity index (χ0) is 15.2. The van der Waals surface area contributed by atoms with Crippen LogP contribution in [0.5, 0.6) is 5.75 Å². The summed E-state index contributed by atoms with van der Waals surface area (Å²) in [4.78, 5) is 22.8. The molecule has 0 heterocycles. The first-order valence-corrected chi connectivity index (χ1v) is 6.71. The van der Waals surface area contributed by atoms with Gasteiger partial charge in [-0.05, 0) is 36.8 Å². The first kappa shape index (κ1) is 15.1. The molecule has 0 atom stereocenters. The number of halogens is 1. The van der Waals surface area contributed by atoms with Crippen LogP contribution in [0.25, 0.3) is 0 Å². The highest BCUT2D eigenvalue weighted by Crippen LogP contribution is 2.27. The fourth-order valence-corrected chi connectivity index (χ4v) is 2.06. The van der Waals surface area contributed by atoms with Crippen LogP contribution in [-0.4, -0.2) is 18.8 Å². The summed E-state index contributed by atoms with van der Waals surface area (Å²) in [5, 5.41) is 3.01. The highest BCUT2D eigenvalue weighted by Gasteiger charge is 2.10. The van der Waals surface area contributed by atoms with Gasteiger partial charge in [0.2, 0.25) is 0 Å². The Labute approximate surface area is 127 Å². The van der Waals surface area contributed by atoms with Crippen molar-refractivity contribution in [3.8, 4) is 5.75 Å². The van der Waals surface area contributed by atoms with Crippen molar-refractivity contribution in [2.24, 2.45) is 0 Å². The lowest BCUT2D eigenvalue weighted by Gasteiger charge is -2.10. The van der Waals surface area contributed by atoms with Gasteiger partial charge in [0, 0.05) is 5.69 Å². The van der Waals surface area contributed by atoms with E-state index in [1.807, 2.05) is 25.1 Å². The van der Waals surface area contributed by atoms with E-state index in [1.54, 1.807) is 24.3 Å². The molecule has 0 aliphatic heterocycles. The van der Waals surface area contributed by atoms with Crippen LogP contribution in [0.2, 0.25) is 5.02 Å². The van der Waals surface area contributed by atoms with Gasteiger partial charge in [-0.2, -0.15) is 0 Å². The number of rotatable bonds is 5. The second-order valence-corrected chi connectivity index (χ2v) is 4.89. The van der Waals surface area contributed by atoms with E-state index in [2.05, 4.69) is 5.32 Å². The molecule has 0 saturated carbocycles. The molecule has 0 fully saturated rings. The Morgan fingerprint density at radius 3 is 2.76 bits per heavy atom. The van der Waals surface area contributed by atoms with Crippen molar-refractivity contribution in [2.45, 2.75) is 6.92 Å². The largest absolute Gasteiger partial charge is 0.481 e. The summed E-state index contributed by atoms with van der Waals surface area (Å²) < 4.78 is 5.35. The number of carbonyl (C=O) groups is 2. The number of ether oxygens (including phenoxy) is 1. The second-order valence-electron chi connectivity index (χ2n) is 4.48. The molecular formula is C16H14ClNO3. The lowest BCUT2D eigenvalue weighted by atomic mass is 10.2. The van der Waals surface area contributed by atoms with Crippen molar-refractivity contribution >= 4 is 29.5 Å². The molecule has 4 nitrogen and oxygen atoms in total. The molecule has 0 radical (unpaired) electrons. The summed E-state index contributed by atoms with van der Waals surface area (Å²) in [6.07, 6.45) is 0.639. The monoisotopic (exact) mass is 303 g/mol. The highest BCUT2D eigenvalue weighted by atomic mass is 35.5. The van der Waals surface area contributed by atoms with E-state index in [1.165, 1.54) is 0 Å². The van der Waals surface area contributed by atoms with Crippen LogP contribution >= 0.6 is 11.6 Å². The Kier molecular flexibility index (Phi) is 4.95. The SMILES string of the molecule is Cc1cccc(NC(=O)COc2c(Cl)cccc2C=O)c1. The Hall–Kier alpha value is -2.33. The predicted molar refractivity (Wildman–Crippen MR) is 82.1 cm³/mol. The van der Waals surface area contributed by atoms with E-state index in [4.69, 9.17) is 16.3 Å². The summed E-state index contributed by atoms with van der Waals surface area (Å²) >= 11 is 5.96. The number of anilines is 1. The Balaban J connectivity index is 2.00. The van der Waals surface area contributed by atoms with Crippen molar-refractivity contribution in [1.29, 1.82) is 0 Å². The standard InChI is InChI=1S/C16H14ClNO3/c1-11-4-2-6-13(8-11)18-15(20)10-21-16-12(9-19)5-3-7-14(16)17/h2-9H,10H2,1H3,(H,18,20). The molecule has 0 spiro atoms. The van der Waals surface area contributed by atoms with Gasteiger partial charge in [0.15, 0.2) is 12.9 Å². The molecule has 108 valence electrons. The van der Waals surface area contributed by atoms with Gasteiger partial charge in [-0.1, -0.05) is 29.8 Å². The van der Waals surface area contributed by atoms with Gasteiger partial charge in [-0.3, -0.25) is 9.59 Å². The minimum atomic E-state index is -0.322. The summed E-state index contributed by atoms with van der Waals surface area (Å²) in [6, 6.07) is 12.2. The Bertz CT molecular complexity index is 670. The van der Waals surface area contributed by atoms with Crippen LogP contribution in [0.3, 0.4) is 0 Å². The number of amides is 1. The topological polar surface area (TPSA) is 55.4 Å². The third-order valence-corrected chi connectivity index (χ3v) is 3.07. The maximum Gasteiger partial charge on any atom is 0.262 e. The lowest BCUT2D eigenvalue weighted by molar-refractivity contribution is -0.118. The van der Waals surface area contributed by atoms with Gasteiger partial charge in [-0.25, -0.2) is 0 Å². The van der Waals surface area contributed by atoms with Gasteiger partial charge in [0.25, 0.3) is 5.91 Å². The third kappa shape index (κ3) is 4.07. The number of para-hydroxylation sites is 1. The number of benzene rings is 2. The van der Waals surface area contributed by atoms with E-state index in [0.29, 0.717) is 22.6 Å². The number of aryl methyl sites for hydroxylation is 1. The fraction of sp³-hybridized carbons (Fsp3) is 0.125. The maximum atomic E-state index is 11.8. The second kappa shape index (κ2) is 6.90. The van der Waals surface area contributed by atoms with Crippen molar-refractivity contribution in [2.75, 3.05) is 11.9 Å². The number of hydrogen-bond acceptors (Lipinski definition) is 3. The third-order valence-electron chi connectivity index (χ3n) is 2.77. The van der Waals surface area contributed by atoms with E-state index in [-0.39, 0.29) is 18.3 Å². The van der Waals surface area contributed by atoms with E-state index >= 15 is 0 Å². The van der Waals surface area contributed by atoms with E-state index in [0.717, 1.165) is 5.56 Å². The van der Waals surface area contributed by atoms with Crippen LogP contribution < -0.4 is 10.1 Å². The summed E-state index contributed by atoms with van der Waals surface area (Å²) in [7, 11) is 0. The van der Waals surface area contributed by atoms with Crippen molar-refractivity contribution in [3.05, 3.63) is 58.6 Å². The van der Waals surface area contributed by atoms with Crippen molar-refractivity contribution in [3.63, 3.8) is 0 Å². The average molecular weight is 304 g/mol. The van der Waals surface area contributed by atoms with E-state index in [9.17, 15) is 9.59 Å². The van der Waals surface area contributed by atoms with Crippen LogP contribution in [0, 0.1) is 6.92 Å². The molecule has 1 N–H and O–H groups in total. The average Bonchev–Trinajstić information content (AvgIpc) is 2.45. The summed E-state index contributed by atoms with van der Waals surface area (Å²) in [5.41, 5.74) is 2.05. The van der Waals surface area contributed by atoms with Gasteiger partial charge < -0.3 is 10.1 Å². The van der Waals surface area contributed by atoms with Crippen LogP contribution in [0.4, 0.5) is 5.69 Å². The molecule has 2 aromatic carbocycles. The van der Waals surface area contributed by atoms with Gasteiger partial charge in [0.1, 0.15) is 5.75 Å². The maximum absolute atomic E-state index is 11.8. The Morgan fingerprint density at radius 1 is 1.29 bits per heavy atom. The molecule has 2 aromatic rings. The molecule has 5 heteroatoms. The molecule has 0 aliphatic carbocycles. The number of carbonyl (C=O) groups excluding carboxylic acids is 2. The molecule has 2 rings (SSSR count). The lowest BCUT2D eigenvalue weighted by Crippen LogP contribution is -2.20. The normalized spacial score (nSPS) is 10.0. The zero-order valence-corrected chi connectivity index (χ0v) is 12.2. The molecule has 1 amide bonds. The molecule has 0 saturated heterocycles. The molecule has 0 aliphatic rings. The molecule has 0 aromatic heterocycles. The molecule has 0 bridgehead atoms. The van der Waals surface area contributed by atoms with Crippen molar-refractivity contribution < 1.29 is 14.3 Å². The minimum absolute atomic E-state index is 0.216. The number of aldehydes is 1. The first-order chi connectivity index (χ1) is 10.1. The summed E-state index contributed by atoms with van der Waals surface area (Å²) in [5.74, 6) is -0.106. The predicted octanol–water partition coefficient (Wildman–Crippen LogP) is 3.48. The minimum Gasteiger partial charge on any atom is -0.481 e.